The number of benzene rings is 3. The lowest BCUT2D eigenvalue weighted by Gasteiger charge is -2.11. The summed E-state index contributed by atoms with van der Waals surface area (Å²) in [6, 6.07) is 19.6. The highest BCUT2D eigenvalue weighted by atomic mass is 79.9. The van der Waals surface area contributed by atoms with Gasteiger partial charge in [0.05, 0.1) is 10.6 Å². The quantitative estimate of drug-likeness (QED) is 0.751. The molecule has 106 valence electrons. The van der Waals surface area contributed by atoms with Crippen LogP contribution in [0, 0.1) is 0 Å². The van der Waals surface area contributed by atoms with Crippen molar-refractivity contribution in [1.29, 1.82) is 0 Å². The summed E-state index contributed by atoms with van der Waals surface area (Å²) < 4.78 is 28.4. The second kappa shape index (κ2) is 5.50. The highest BCUT2D eigenvalue weighted by Gasteiger charge is 2.15. The van der Waals surface area contributed by atoms with Crippen LogP contribution in [0.5, 0.6) is 0 Å². The van der Waals surface area contributed by atoms with E-state index in [1.54, 1.807) is 36.4 Å². The van der Waals surface area contributed by atoms with Gasteiger partial charge < -0.3 is 0 Å². The van der Waals surface area contributed by atoms with E-state index in [0.29, 0.717) is 5.69 Å². The van der Waals surface area contributed by atoms with Crippen LogP contribution in [0.15, 0.2) is 76.1 Å². The van der Waals surface area contributed by atoms with Gasteiger partial charge in [-0.05, 0) is 29.7 Å². The Bertz CT molecular complexity index is 893. The summed E-state index contributed by atoms with van der Waals surface area (Å²) in [5, 5.41) is 1.82. The van der Waals surface area contributed by atoms with Crippen LogP contribution in [0.2, 0.25) is 0 Å². The fourth-order valence-corrected chi connectivity index (χ4v) is 3.73. The molecule has 0 saturated carbocycles. The molecule has 0 atom stereocenters. The molecule has 3 aromatic rings. The minimum atomic E-state index is -3.58. The van der Waals surface area contributed by atoms with Gasteiger partial charge in [0.2, 0.25) is 0 Å². The Morgan fingerprint density at radius 3 is 2.10 bits per heavy atom. The molecular weight excluding hydrogens is 350 g/mol. The SMILES string of the molecule is O=S(=O)(Nc1ccc(Br)c2ccccc12)c1ccccc1. The third-order valence-electron chi connectivity index (χ3n) is 3.17. The Labute approximate surface area is 131 Å². The Hall–Kier alpha value is -1.85. The first-order valence-corrected chi connectivity index (χ1v) is 8.61. The maximum atomic E-state index is 12.4. The minimum absolute atomic E-state index is 0.247. The number of rotatable bonds is 3. The van der Waals surface area contributed by atoms with Crippen LogP contribution in [0.25, 0.3) is 10.8 Å². The summed E-state index contributed by atoms with van der Waals surface area (Å²) in [5.74, 6) is 0. The zero-order valence-electron chi connectivity index (χ0n) is 11.0. The van der Waals surface area contributed by atoms with Crippen LogP contribution in [0.4, 0.5) is 5.69 Å². The van der Waals surface area contributed by atoms with E-state index in [2.05, 4.69) is 20.7 Å². The smallest absolute Gasteiger partial charge is 0.261 e. The van der Waals surface area contributed by atoms with Crippen molar-refractivity contribution in [2.75, 3.05) is 4.72 Å². The number of halogens is 1. The van der Waals surface area contributed by atoms with E-state index < -0.39 is 10.0 Å². The molecule has 0 bridgehead atoms. The largest absolute Gasteiger partial charge is 0.279 e. The molecule has 0 aliphatic carbocycles. The van der Waals surface area contributed by atoms with Crippen molar-refractivity contribution in [1.82, 2.24) is 0 Å². The lowest BCUT2D eigenvalue weighted by molar-refractivity contribution is 0.601. The average Bonchev–Trinajstić information content (AvgIpc) is 2.51. The number of anilines is 1. The Morgan fingerprint density at radius 1 is 0.762 bits per heavy atom. The first-order chi connectivity index (χ1) is 10.1. The normalized spacial score (nSPS) is 11.5. The molecule has 0 radical (unpaired) electrons. The molecule has 0 saturated heterocycles. The van der Waals surface area contributed by atoms with Crippen molar-refractivity contribution in [3.63, 3.8) is 0 Å². The maximum absolute atomic E-state index is 12.4. The number of fused-ring (bicyclic) bond motifs is 1. The van der Waals surface area contributed by atoms with Crippen LogP contribution in [-0.2, 0) is 10.0 Å². The zero-order chi connectivity index (χ0) is 14.9. The summed E-state index contributed by atoms with van der Waals surface area (Å²) in [7, 11) is -3.58. The minimum Gasteiger partial charge on any atom is -0.279 e. The number of hydrogen-bond donors (Lipinski definition) is 1. The predicted molar refractivity (Wildman–Crippen MR) is 88.9 cm³/mol. The summed E-state index contributed by atoms with van der Waals surface area (Å²) in [6.07, 6.45) is 0. The lowest BCUT2D eigenvalue weighted by Crippen LogP contribution is -2.13. The molecule has 0 aliphatic heterocycles. The van der Waals surface area contributed by atoms with Crippen LogP contribution >= 0.6 is 15.9 Å². The molecule has 3 rings (SSSR count). The van der Waals surface area contributed by atoms with Gasteiger partial charge in [-0.15, -0.1) is 0 Å². The molecule has 3 aromatic carbocycles. The summed E-state index contributed by atoms with van der Waals surface area (Å²) in [6.45, 7) is 0. The summed E-state index contributed by atoms with van der Waals surface area (Å²) in [5.41, 5.74) is 0.567. The predicted octanol–water partition coefficient (Wildman–Crippen LogP) is 4.40. The van der Waals surface area contributed by atoms with E-state index in [4.69, 9.17) is 0 Å². The van der Waals surface area contributed by atoms with E-state index in [1.165, 1.54) is 0 Å². The van der Waals surface area contributed by atoms with E-state index >= 15 is 0 Å². The van der Waals surface area contributed by atoms with Crippen molar-refractivity contribution in [2.24, 2.45) is 0 Å². The number of hydrogen-bond acceptors (Lipinski definition) is 2. The monoisotopic (exact) mass is 361 g/mol. The van der Waals surface area contributed by atoms with E-state index in [0.717, 1.165) is 15.2 Å². The molecule has 0 spiro atoms. The van der Waals surface area contributed by atoms with Gasteiger partial charge in [0.15, 0.2) is 0 Å². The highest BCUT2D eigenvalue weighted by molar-refractivity contribution is 9.10. The molecule has 21 heavy (non-hydrogen) atoms. The Balaban J connectivity index is 2.09. The molecule has 0 aliphatic rings. The molecule has 0 aromatic heterocycles. The van der Waals surface area contributed by atoms with Gasteiger partial charge in [-0.3, -0.25) is 4.72 Å². The van der Waals surface area contributed by atoms with Crippen molar-refractivity contribution < 1.29 is 8.42 Å². The molecular formula is C16H12BrNO2S. The lowest BCUT2D eigenvalue weighted by atomic mass is 10.1. The molecule has 1 N–H and O–H groups in total. The second-order valence-corrected chi connectivity index (χ2v) is 7.10. The zero-order valence-corrected chi connectivity index (χ0v) is 13.4. The molecule has 0 heterocycles. The third kappa shape index (κ3) is 2.80. The van der Waals surface area contributed by atoms with Gasteiger partial charge in [0.1, 0.15) is 0 Å². The van der Waals surface area contributed by atoms with Crippen molar-refractivity contribution >= 4 is 42.4 Å². The Kier molecular flexibility index (Phi) is 3.69. The number of nitrogens with one attached hydrogen (secondary N) is 1. The summed E-state index contributed by atoms with van der Waals surface area (Å²) >= 11 is 3.48. The second-order valence-electron chi connectivity index (χ2n) is 4.56. The highest BCUT2D eigenvalue weighted by Crippen LogP contribution is 2.31. The topological polar surface area (TPSA) is 46.2 Å². The van der Waals surface area contributed by atoms with Gasteiger partial charge in [0, 0.05) is 9.86 Å². The molecule has 0 fully saturated rings. The van der Waals surface area contributed by atoms with Crippen molar-refractivity contribution in [3.8, 4) is 0 Å². The molecule has 0 amide bonds. The van der Waals surface area contributed by atoms with Gasteiger partial charge >= 0.3 is 0 Å². The van der Waals surface area contributed by atoms with Crippen LogP contribution in [-0.4, -0.2) is 8.42 Å². The van der Waals surface area contributed by atoms with Gasteiger partial charge in [-0.25, -0.2) is 8.42 Å². The van der Waals surface area contributed by atoms with Gasteiger partial charge in [-0.1, -0.05) is 58.4 Å². The van der Waals surface area contributed by atoms with E-state index in [9.17, 15) is 8.42 Å². The van der Waals surface area contributed by atoms with Gasteiger partial charge in [0.25, 0.3) is 10.0 Å². The maximum Gasteiger partial charge on any atom is 0.261 e. The van der Waals surface area contributed by atoms with E-state index in [1.807, 2.05) is 30.3 Å². The molecule has 5 heteroatoms. The van der Waals surface area contributed by atoms with Crippen molar-refractivity contribution in [3.05, 3.63) is 71.2 Å². The van der Waals surface area contributed by atoms with Crippen LogP contribution < -0.4 is 4.72 Å². The molecule has 0 unspecified atom stereocenters. The van der Waals surface area contributed by atoms with Crippen molar-refractivity contribution in [2.45, 2.75) is 4.90 Å². The number of sulfonamides is 1. The fourth-order valence-electron chi connectivity index (χ4n) is 2.15. The van der Waals surface area contributed by atoms with Crippen LogP contribution in [0.1, 0.15) is 0 Å². The standard InChI is InChI=1S/C16H12BrNO2S/c17-15-10-11-16(14-9-5-4-8-13(14)15)18-21(19,20)12-6-2-1-3-7-12/h1-11,18H. The first kappa shape index (κ1) is 14.1. The Morgan fingerprint density at radius 2 is 1.38 bits per heavy atom. The van der Waals surface area contributed by atoms with Gasteiger partial charge in [-0.2, -0.15) is 0 Å². The summed E-state index contributed by atoms with van der Waals surface area (Å²) in [4.78, 5) is 0.247. The van der Waals surface area contributed by atoms with Crippen LogP contribution in [0.3, 0.4) is 0 Å². The fraction of sp³-hybridized carbons (Fsp3) is 0. The third-order valence-corrected chi connectivity index (χ3v) is 5.24. The molecule has 3 nitrogen and oxygen atoms in total. The first-order valence-electron chi connectivity index (χ1n) is 6.33. The average molecular weight is 362 g/mol. The van der Waals surface area contributed by atoms with E-state index in [-0.39, 0.29) is 4.90 Å².